The maximum absolute atomic E-state index is 14.2. The molecule has 5 aromatic carbocycles. The van der Waals surface area contributed by atoms with E-state index >= 15 is 0 Å². The average Bonchev–Trinajstić information content (AvgIpc) is 3.40. The first kappa shape index (κ1) is 29.6. The van der Waals surface area contributed by atoms with Crippen LogP contribution in [0.2, 0.25) is 0 Å². The van der Waals surface area contributed by atoms with Gasteiger partial charge in [0.2, 0.25) is 0 Å². The summed E-state index contributed by atoms with van der Waals surface area (Å²) in [4.78, 5) is 19.9. The lowest BCUT2D eigenvalue weighted by Crippen LogP contribution is -2.38. The van der Waals surface area contributed by atoms with Gasteiger partial charge in [0.15, 0.2) is 16.3 Å². The minimum Gasteiger partial charge on any atom is -0.493 e. The molecule has 0 amide bonds. The molecule has 0 spiro atoms. The first-order chi connectivity index (χ1) is 23.0. The van der Waals surface area contributed by atoms with Crippen LogP contribution in [-0.4, -0.2) is 11.7 Å². The zero-order valence-corrected chi connectivity index (χ0v) is 27.8. The number of methoxy groups -OCH3 is 1. The van der Waals surface area contributed by atoms with Crippen LogP contribution in [0.4, 0.5) is 4.39 Å². The van der Waals surface area contributed by atoms with Gasteiger partial charge in [0, 0.05) is 5.56 Å². The van der Waals surface area contributed by atoms with Crippen LogP contribution in [0.25, 0.3) is 22.5 Å². The molecule has 0 radical (unpaired) electrons. The normalized spacial score (nSPS) is 15.6. The van der Waals surface area contributed by atoms with Gasteiger partial charge in [-0.3, -0.25) is 9.36 Å². The lowest BCUT2D eigenvalue weighted by atomic mass is 9.83. The molecule has 5 nitrogen and oxygen atoms in total. The molecular formula is C39H28BrFN2O3S. The molecule has 6 aromatic rings. The molecule has 0 fully saturated rings. The number of nitrogens with zero attached hydrogens (tertiary/aromatic N) is 2. The maximum Gasteiger partial charge on any atom is 0.271 e. The summed E-state index contributed by atoms with van der Waals surface area (Å²) in [5, 5.41) is 2.30. The van der Waals surface area contributed by atoms with E-state index in [1.807, 2.05) is 48.5 Å². The van der Waals surface area contributed by atoms with Crippen LogP contribution in [0.15, 0.2) is 123 Å². The van der Waals surface area contributed by atoms with Crippen LogP contribution in [0, 0.1) is 5.82 Å². The Kier molecular flexibility index (Phi) is 7.62. The molecule has 232 valence electrons. The van der Waals surface area contributed by atoms with Crippen molar-refractivity contribution in [3.8, 4) is 11.5 Å². The highest BCUT2D eigenvalue weighted by Gasteiger charge is 2.32. The van der Waals surface area contributed by atoms with E-state index in [1.165, 1.54) is 29.0 Å². The standard InChI is InChI=1S/C39H28BrFN2O3S/c1-45-33-20-23(19-32(40)37(33)46-22-27-10-6-9-24-7-2-4-11-29(24)27)21-34-38(44)43-36(26-13-16-28(41)17-14-26)31-18-15-25-8-3-5-12-30(25)35(31)42-39(43)47-34/h2-14,16-17,19-21,36H,15,18,22H2,1H3/b34-21+/t36-/m0/s1. The number of thiazole rings is 1. The molecule has 8 heteroatoms. The molecule has 2 heterocycles. The number of rotatable bonds is 6. The zero-order valence-electron chi connectivity index (χ0n) is 25.4. The summed E-state index contributed by atoms with van der Waals surface area (Å²) in [6, 6.07) is 32.6. The second kappa shape index (κ2) is 12.1. The minimum absolute atomic E-state index is 0.139. The van der Waals surface area contributed by atoms with Crippen LogP contribution < -0.4 is 24.4 Å². The molecule has 0 saturated carbocycles. The van der Waals surface area contributed by atoms with Crippen molar-refractivity contribution < 1.29 is 13.9 Å². The molecule has 2 aliphatic rings. The van der Waals surface area contributed by atoms with E-state index in [0.29, 0.717) is 31.9 Å². The second-order valence-corrected chi connectivity index (χ2v) is 13.5. The number of aryl methyl sites for hydroxylation is 1. The summed E-state index contributed by atoms with van der Waals surface area (Å²) >= 11 is 5.05. The lowest BCUT2D eigenvalue weighted by Gasteiger charge is -2.30. The van der Waals surface area contributed by atoms with E-state index in [9.17, 15) is 9.18 Å². The highest BCUT2D eigenvalue weighted by molar-refractivity contribution is 9.10. The van der Waals surface area contributed by atoms with Gasteiger partial charge in [0.05, 0.1) is 27.9 Å². The molecule has 1 aromatic heterocycles. The van der Waals surface area contributed by atoms with Crippen LogP contribution in [0.3, 0.4) is 0 Å². The van der Waals surface area contributed by atoms with Crippen LogP contribution in [0.5, 0.6) is 11.5 Å². The van der Waals surface area contributed by atoms with E-state index in [1.54, 1.807) is 23.8 Å². The maximum atomic E-state index is 14.2. The van der Waals surface area contributed by atoms with Crippen molar-refractivity contribution in [2.75, 3.05) is 7.11 Å². The predicted molar refractivity (Wildman–Crippen MR) is 188 cm³/mol. The number of hydrogen-bond donors (Lipinski definition) is 0. The van der Waals surface area contributed by atoms with Gasteiger partial charge >= 0.3 is 0 Å². The van der Waals surface area contributed by atoms with Gasteiger partial charge in [-0.2, -0.15) is 0 Å². The summed E-state index contributed by atoms with van der Waals surface area (Å²) in [6.07, 6.45) is 3.49. The molecule has 1 atom stereocenters. The summed E-state index contributed by atoms with van der Waals surface area (Å²) in [5.74, 6) is 0.824. The van der Waals surface area contributed by atoms with Crippen LogP contribution >= 0.6 is 27.3 Å². The quantitative estimate of drug-likeness (QED) is 0.177. The fourth-order valence-electron chi connectivity index (χ4n) is 6.65. The third-order valence-corrected chi connectivity index (χ3v) is 10.4. The van der Waals surface area contributed by atoms with Gasteiger partial charge in [-0.1, -0.05) is 90.2 Å². The Balaban J connectivity index is 1.20. The number of benzene rings is 5. The van der Waals surface area contributed by atoms with Gasteiger partial charge in [-0.15, -0.1) is 0 Å². The van der Waals surface area contributed by atoms with Crippen molar-refractivity contribution in [1.29, 1.82) is 0 Å². The molecule has 0 saturated heterocycles. The third-order valence-electron chi connectivity index (χ3n) is 8.86. The van der Waals surface area contributed by atoms with Gasteiger partial charge in [0.25, 0.3) is 5.56 Å². The Morgan fingerprint density at radius 2 is 1.77 bits per heavy atom. The predicted octanol–water partition coefficient (Wildman–Crippen LogP) is 7.96. The second-order valence-electron chi connectivity index (χ2n) is 11.6. The molecule has 8 rings (SSSR count). The molecule has 0 N–H and O–H groups in total. The molecule has 0 bridgehead atoms. The highest BCUT2D eigenvalue weighted by atomic mass is 79.9. The fraction of sp³-hybridized carbons (Fsp3) is 0.128. The van der Waals surface area contributed by atoms with Crippen molar-refractivity contribution in [3.05, 3.63) is 166 Å². The summed E-state index contributed by atoms with van der Waals surface area (Å²) in [7, 11) is 1.61. The van der Waals surface area contributed by atoms with E-state index in [0.717, 1.165) is 57.1 Å². The Bertz CT molecular complexity index is 2410. The molecule has 1 aliphatic carbocycles. The number of allylic oxidation sites excluding steroid dienone is 1. The molecule has 1 aliphatic heterocycles. The Morgan fingerprint density at radius 1 is 0.979 bits per heavy atom. The first-order valence-corrected chi connectivity index (χ1v) is 16.9. The molecular weight excluding hydrogens is 675 g/mol. The fourth-order valence-corrected chi connectivity index (χ4v) is 8.23. The summed E-state index contributed by atoms with van der Waals surface area (Å²) in [5.41, 5.74) is 6.89. The van der Waals surface area contributed by atoms with E-state index < -0.39 is 0 Å². The zero-order chi connectivity index (χ0) is 32.1. The van der Waals surface area contributed by atoms with Crippen molar-refractivity contribution in [1.82, 2.24) is 4.57 Å². The first-order valence-electron chi connectivity index (χ1n) is 15.3. The van der Waals surface area contributed by atoms with Crippen molar-refractivity contribution in [2.45, 2.75) is 25.5 Å². The third kappa shape index (κ3) is 5.31. The number of hydrogen-bond acceptors (Lipinski definition) is 5. The molecule has 47 heavy (non-hydrogen) atoms. The highest BCUT2D eigenvalue weighted by Crippen LogP contribution is 2.41. The monoisotopic (exact) mass is 702 g/mol. The lowest BCUT2D eigenvalue weighted by molar-refractivity contribution is 0.283. The smallest absolute Gasteiger partial charge is 0.271 e. The number of ether oxygens (including phenoxy) is 2. The minimum atomic E-state index is -0.372. The van der Waals surface area contributed by atoms with Crippen LogP contribution in [0.1, 0.15) is 40.3 Å². The summed E-state index contributed by atoms with van der Waals surface area (Å²) < 4.78 is 29.1. The SMILES string of the molecule is COc1cc(/C=c2/sc3n(c2=O)[C@@H](c2ccc(F)cc2)C2=C(N=3)c3ccccc3CC2)cc(Br)c1OCc1cccc2ccccc12. The Labute approximate surface area is 282 Å². The van der Waals surface area contributed by atoms with Gasteiger partial charge < -0.3 is 9.47 Å². The molecule has 0 unspecified atom stereocenters. The number of halogens is 2. The van der Waals surface area contributed by atoms with Crippen molar-refractivity contribution >= 4 is 49.8 Å². The topological polar surface area (TPSA) is 52.8 Å². The largest absolute Gasteiger partial charge is 0.493 e. The Hall–Kier alpha value is -4.79. The van der Waals surface area contributed by atoms with E-state index in [2.05, 4.69) is 52.3 Å². The van der Waals surface area contributed by atoms with Crippen LogP contribution in [-0.2, 0) is 13.0 Å². The van der Waals surface area contributed by atoms with Gasteiger partial charge in [0.1, 0.15) is 12.4 Å². The van der Waals surface area contributed by atoms with Gasteiger partial charge in [-0.25, -0.2) is 9.38 Å². The number of fused-ring (bicyclic) bond motifs is 4. The number of aromatic nitrogens is 1. The van der Waals surface area contributed by atoms with Crippen molar-refractivity contribution in [3.63, 3.8) is 0 Å². The van der Waals surface area contributed by atoms with Crippen molar-refractivity contribution in [2.24, 2.45) is 4.99 Å². The van der Waals surface area contributed by atoms with E-state index in [4.69, 9.17) is 14.5 Å². The Morgan fingerprint density at radius 3 is 2.62 bits per heavy atom. The van der Waals surface area contributed by atoms with Gasteiger partial charge in [-0.05, 0) is 97.7 Å². The average molecular weight is 704 g/mol. The summed E-state index contributed by atoms with van der Waals surface area (Å²) in [6.45, 7) is 0.367. The van der Waals surface area contributed by atoms with E-state index in [-0.39, 0.29) is 17.4 Å².